The van der Waals surface area contributed by atoms with Crippen LogP contribution in [0.15, 0.2) is 0 Å². The summed E-state index contributed by atoms with van der Waals surface area (Å²) in [5.74, 6) is -0.869. The van der Waals surface area contributed by atoms with Crippen LogP contribution in [0.5, 0.6) is 0 Å². The van der Waals surface area contributed by atoms with E-state index >= 15 is 0 Å². The number of aliphatic hydroxyl groups excluding tert-OH is 2. The molecule has 0 aliphatic carbocycles. The predicted octanol–water partition coefficient (Wildman–Crippen LogP) is 0.224. The average Bonchev–Trinajstić information content (AvgIpc) is 3.41. The summed E-state index contributed by atoms with van der Waals surface area (Å²) >= 11 is 1.72. The molecule has 0 amide bonds. The van der Waals surface area contributed by atoms with Gasteiger partial charge in [-0.1, -0.05) is 0 Å². The molecular formula is C20H34O10S. The van der Waals surface area contributed by atoms with Gasteiger partial charge in [-0.25, -0.2) is 0 Å². The molecule has 0 radical (unpaired) electrons. The van der Waals surface area contributed by atoms with Gasteiger partial charge in [-0.05, 0) is 27.7 Å². The molecule has 4 saturated heterocycles. The molecule has 11 heteroatoms. The van der Waals surface area contributed by atoms with Gasteiger partial charge in [0.15, 0.2) is 24.2 Å². The summed E-state index contributed by atoms with van der Waals surface area (Å²) in [6.45, 7) is 6.88. The first kappa shape index (κ1) is 24.1. The summed E-state index contributed by atoms with van der Waals surface area (Å²) in [5.41, 5.74) is 0. The van der Waals surface area contributed by atoms with E-state index in [1.54, 1.807) is 39.8 Å². The third-order valence-electron chi connectivity index (χ3n) is 5.87. The Balaban J connectivity index is 1.54. The fraction of sp³-hybridized carbons (Fsp3) is 1.00. The zero-order valence-electron chi connectivity index (χ0n) is 18.8. The van der Waals surface area contributed by atoms with Gasteiger partial charge >= 0.3 is 0 Å². The minimum atomic E-state index is -1.10. The molecule has 2 N–H and O–H groups in total. The monoisotopic (exact) mass is 466 g/mol. The van der Waals surface area contributed by atoms with Crippen LogP contribution in [-0.2, 0) is 37.9 Å². The largest absolute Gasteiger partial charge is 0.394 e. The maximum absolute atomic E-state index is 11.0. The number of thioether (sulfide) groups is 1. The lowest BCUT2D eigenvalue weighted by Crippen LogP contribution is -2.60. The van der Waals surface area contributed by atoms with E-state index < -0.39 is 66.9 Å². The Morgan fingerprint density at radius 2 is 1.55 bits per heavy atom. The van der Waals surface area contributed by atoms with Crippen LogP contribution in [0.3, 0.4) is 0 Å². The molecule has 4 rings (SSSR count). The molecule has 4 heterocycles. The van der Waals surface area contributed by atoms with Crippen LogP contribution >= 0.6 is 11.8 Å². The Hall–Kier alpha value is -0.0500. The van der Waals surface area contributed by atoms with Gasteiger partial charge in [0.05, 0.1) is 6.61 Å². The third-order valence-corrected chi connectivity index (χ3v) is 6.86. The second-order valence-corrected chi connectivity index (χ2v) is 10.4. The van der Waals surface area contributed by atoms with Crippen LogP contribution < -0.4 is 0 Å². The molecule has 0 saturated carbocycles. The van der Waals surface area contributed by atoms with Crippen LogP contribution in [0.25, 0.3) is 0 Å². The first-order chi connectivity index (χ1) is 14.6. The Kier molecular flexibility index (Phi) is 6.96. The molecule has 0 aromatic heterocycles. The number of hydrogen-bond acceptors (Lipinski definition) is 11. The fourth-order valence-corrected chi connectivity index (χ4v) is 5.25. The van der Waals surface area contributed by atoms with E-state index in [2.05, 4.69) is 0 Å². The highest BCUT2D eigenvalue weighted by atomic mass is 32.2. The molecular weight excluding hydrogens is 432 g/mol. The summed E-state index contributed by atoms with van der Waals surface area (Å²) in [6.07, 6.45) is -6.26. The highest BCUT2D eigenvalue weighted by Crippen LogP contribution is 2.45. The lowest BCUT2D eigenvalue weighted by molar-refractivity contribution is -0.303. The summed E-state index contributed by atoms with van der Waals surface area (Å²) in [6, 6.07) is 0. The average molecular weight is 467 g/mol. The topological polar surface area (TPSA) is 114 Å². The molecule has 10 nitrogen and oxygen atoms in total. The Labute approximate surface area is 186 Å². The van der Waals surface area contributed by atoms with Crippen molar-refractivity contribution in [3.05, 3.63) is 0 Å². The minimum Gasteiger partial charge on any atom is -0.394 e. The van der Waals surface area contributed by atoms with Crippen molar-refractivity contribution >= 4 is 11.8 Å². The maximum Gasteiger partial charge on any atom is 0.187 e. The first-order valence-corrected chi connectivity index (χ1v) is 11.6. The highest BCUT2D eigenvalue weighted by Gasteiger charge is 2.58. The lowest BCUT2D eigenvalue weighted by atomic mass is 9.99. The van der Waals surface area contributed by atoms with Gasteiger partial charge in [0, 0.05) is 25.2 Å². The van der Waals surface area contributed by atoms with Crippen LogP contribution in [0, 0.1) is 0 Å². The SMILES string of the molecule is COC(OC)[C@@H]1OC(C)(C)O[C@H]1[C@H](O[C@@H]1O[C@H](CO)[C@@H]2OC(C)(C)O[C@@H]2[C@H]1O)[C@@H]1CS1. The number of aliphatic hydroxyl groups is 2. The van der Waals surface area contributed by atoms with Crippen LogP contribution in [-0.4, -0.2) is 109 Å². The van der Waals surface area contributed by atoms with Gasteiger partial charge in [-0.2, -0.15) is 11.8 Å². The van der Waals surface area contributed by atoms with Crippen molar-refractivity contribution in [2.24, 2.45) is 0 Å². The van der Waals surface area contributed by atoms with E-state index in [4.69, 9.17) is 37.9 Å². The van der Waals surface area contributed by atoms with E-state index in [0.29, 0.717) is 0 Å². The zero-order valence-corrected chi connectivity index (χ0v) is 19.6. The van der Waals surface area contributed by atoms with E-state index in [9.17, 15) is 10.2 Å². The standard InChI is InChI=1S/C20H34O10S/c1-19(2)27-12-9(7-21)25-17(11(22)14(12)28-19)26-13(10-8-31-10)15-16(18(23-5)24-6)30-20(3,4)29-15/h9-18,21-22H,7-8H2,1-6H3/t9-,10+,11-,12+,13-,14-,15+,16-,17+/m1/s1. The van der Waals surface area contributed by atoms with Crippen molar-refractivity contribution in [1.82, 2.24) is 0 Å². The van der Waals surface area contributed by atoms with Gasteiger partial charge in [0.2, 0.25) is 0 Å². The normalized spacial score (nSPS) is 44.4. The molecule has 31 heavy (non-hydrogen) atoms. The van der Waals surface area contributed by atoms with Crippen LogP contribution in [0.1, 0.15) is 27.7 Å². The van der Waals surface area contributed by atoms with Crippen molar-refractivity contribution in [2.75, 3.05) is 26.6 Å². The van der Waals surface area contributed by atoms with Crippen molar-refractivity contribution in [1.29, 1.82) is 0 Å². The van der Waals surface area contributed by atoms with Crippen molar-refractivity contribution in [3.8, 4) is 0 Å². The number of methoxy groups -OCH3 is 2. The third kappa shape index (κ3) is 4.92. The van der Waals surface area contributed by atoms with Crippen LogP contribution in [0.2, 0.25) is 0 Å². The molecule has 9 atom stereocenters. The molecule has 0 spiro atoms. The number of ether oxygens (including phenoxy) is 8. The molecule has 4 aliphatic rings. The Morgan fingerprint density at radius 3 is 2.13 bits per heavy atom. The van der Waals surface area contributed by atoms with Gasteiger partial charge in [0.1, 0.15) is 42.7 Å². The Bertz CT molecular complexity index is 625. The smallest absolute Gasteiger partial charge is 0.187 e. The lowest BCUT2D eigenvalue weighted by Gasteiger charge is -2.41. The molecule has 0 aromatic rings. The zero-order chi connectivity index (χ0) is 22.6. The summed E-state index contributed by atoms with van der Waals surface area (Å²) in [5, 5.41) is 21.0. The van der Waals surface area contributed by atoms with Gasteiger partial charge in [0.25, 0.3) is 0 Å². The second kappa shape index (κ2) is 8.95. The number of hydrogen-bond donors (Lipinski definition) is 2. The van der Waals surface area contributed by atoms with Gasteiger partial charge < -0.3 is 48.1 Å². The molecule has 0 aromatic carbocycles. The molecule has 180 valence electrons. The van der Waals surface area contributed by atoms with Crippen molar-refractivity contribution < 1.29 is 48.1 Å². The van der Waals surface area contributed by atoms with E-state index in [0.717, 1.165) is 5.75 Å². The van der Waals surface area contributed by atoms with Crippen LogP contribution in [0.4, 0.5) is 0 Å². The van der Waals surface area contributed by atoms with Gasteiger partial charge in [-0.3, -0.25) is 0 Å². The van der Waals surface area contributed by atoms with Crippen molar-refractivity contribution in [2.45, 2.75) is 99.8 Å². The maximum atomic E-state index is 11.0. The minimum absolute atomic E-state index is 0.137. The Morgan fingerprint density at radius 1 is 0.968 bits per heavy atom. The highest BCUT2D eigenvalue weighted by molar-refractivity contribution is 8.06. The number of fused-ring (bicyclic) bond motifs is 1. The molecule has 0 bridgehead atoms. The summed E-state index contributed by atoms with van der Waals surface area (Å²) in [7, 11) is 3.08. The van der Waals surface area contributed by atoms with Crippen molar-refractivity contribution in [3.63, 3.8) is 0 Å². The first-order valence-electron chi connectivity index (χ1n) is 10.6. The molecule has 0 unspecified atom stereocenters. The summed E-state index contributed by atoms with van der Waals surface area (Å²) < 4.78 is 47.1. The predicted molar refractivity (Wildman–Crippen MR) is 108 cm³/mol. The van der Waals surface area contributed by atoms with E-state index in [1.807, 2.05) is 13.8 Å². The second-order valence-electron chi connectivity index (χ2n) is 9.16. The fourth-order valence-electron chi connectivity index (χ4n) is 4.54. The number of rotatable bonds is 8. The van der Waals surface area contributed by atoms with Gasteiger partial charge in [-0.15, -0.1) is 0 Å². The van der Waals surface area contributed by atoms with E-state index in [-0.39, 0.29) is 11.9 Å². The molecule has 4 fully saturated rings. The summed E-state index contributed by atoms with van der Waals surface area (Å²) in [4.78, 5) is 0. The van der Waals surface area contributed by atoms with E-state index in [1.165, 1.54) is 0 Å². The molecule has 4 aliphatic heterocycles. The quantitative estimate of drug-likeness (QED) is 0.378.